The van der Waals surface area contributed by atoms with Crippen molar-refractivity contribution in [3.63, 3.8) is 0 Å². The molecule has 3 saturated heterocycles. The number of hydrogen-bond donors (Lipinski definition) is 9. The van der Waals surface area contributed by atoms with Gasteiger partial charge in [-0.05, 0) is 135 Å². The molecule has 0 radical (unpaired) electrons. The Morgan fingerprint density at radius 3 is 0.843 bits per heavy atom. The minimum atomic E-state index is -3.96. The molecule has 3 aliphatic heterocycles. The van der Waals surface area contributed by atoms with Gasteiger partial charge in [0.1, 0.15) is 72.2 Å². The van der Waals surface area contributed by atoms with Crippen LogP contribution >= 0.6 is 59.4 Å². The van der Waals surface area contributed by atoms with E-state index in [2.05, 4.69) is 15.0 Å². The SMILES string of the molecule is Cc1cn([C@H]2O[C@@H](COP(=O)(C[C@@H](C)C(=O)OC(C)C)Oc3ccccc3)C(O)[C@H]2O)c(=S)[nH]c1=O.Cc1cn([C@H]2O[C@@H](CO[P@@](=O)(C[C@@H](C)C(=O)OC(C)C)Oc3ccccc3)C(O)[C@H]2O)c(=S)[nH]c1=O.Cc1cn([C@H]2O[C@@H](CO[P@](=O)(C[C@@H](C)C(=O)OC(C)C)Oc3ccccc3)C(O)[C@H]2O)c(=S)[nH]c1=O. The van der Waals surface area contributed by atoms with Crippen molar-refractivity contribution in [3.8, 4) is 17.2 Å². The predicted octanol–water partition coefficient (Wildman–Crippen LogP) is 8.13. The zero-order chi connectivity index (χ0) is 79.9. The molecular formula is C69H93N6O27P3S3. The third kappa shape index (κ3) is 24.5. The van der Waals surface area contributed by atoms with Crippen LogP contribution in [-0.2, 0) is 70.1 Å². The monoisotopic (exact) mass is 1630 g/mol. The van der Waals surface area contributed by atoms with Gasteiger partial charge in [0.25, 0.3) is 16.7 Å². The zero-order valence-electron chi connectivity index (χ0n) is 61.2. The fraction of sp³-hybridized carbons (Fsp3) is 0.522. The Hall–Kier alpha value is -7.02. The second-order valence-corrected chi connectivity index (χ2v) is 34.0. The van der Waals surface area contributed by atoms with Crippen molar-refractivity contribution >= 4 is 77.3 Å². The van der Waals surface area contributed by atoms with Crippen molar-refractivity contribution < 1.29 is 114 Å². The molecule has 3 fully saturated rings. The molecule has 108 heavy (non-hydrogen) atoms. The van der Waals surface area contributed by atoms with E-state index in [0.29, 0.717) is 16.7 Å². The number of aliphatic hydroxyl groups is 6. The lowest BCUT2D eigenvalue weighted by molar-refractivity contribution is -0.152. The number of H-pyrrole nitrogens is 3. The molecule has 594 valence electrons. The number of benzene rings is 3. The smallest absolute Gasteiger partial charge is 0.380 e. The van der Waals surface area contributed by atoms with Gasteiger partial charge in [0.05, 0.1) is 74.4 Å². The molecule has 9 rings (SSSR count). The standard InChI is InChI=1S/3C23H31N2O9PS/c3*1-13(2)32-22(29)15(4)12-35(30,34-16-8-6-5-7-9-16)31-11-17-18(26)19(27)21(33-17)25-10-14(3)20(28)24-23(25)36/h3*5-10,13,15,17-19,21,26-27H,11-12H2,1-4H3,(H,24,28,36)/t15-,17+,18?,19-,21+,35?;15-,17+,18?,19-,21+,35+;15-,17+,18?,19-,21+,35-/m111/s1. The van der Waals surface area contributed by atoms with Gasteiger partial charge in [0.15, 0.2) is 33.0 Å². The highest BCUT2D eigenvalue weighted by molar-refractivity contribution is 7.71. The van der Waals surface area contributed by atoms with E-state index in [4.69, 9.17) is 92.2 Å². The van der Waals surface area contributed by atoms with Gasteiger partial charge in [0.2, 0.25) is 0 Å². The maximum atomic E-state index is 13.7. The molecule has 3 aliphatic rings. The number of carbonyl (C=O) groups is 3. The first-order valence-electron chi connectivity index (χ1n) is 34.3. The van der Waals surface area contributed by atoms with E-state index in [0.717, 1.165) is 0 Å². The van der Waals surface area contributed by atoms with Gasteiger partial charge in [0, 0.05) is 35.3 Å². The van der Waals surface area contributed by atoms with Crippen LogP contribution in [0.3, 0.4) is 0 Å². The highest BCUT2D eigenvalue weighted by Gasteiger charge is 2.49. The van der Waals surface area contributed by atoms with Crippen molar-refractivity contribution in [2.24, 2.45) is 17.8 Å². The van der Waals surface area contributed by atoms with E-state index in [1.54, 1.807) is 174 Å². The van der Waals surface area contributed by atoms with Crippen LogP contribution in [0.5, 0.6) is 17.2 Å². The zero-order valence-corrected chi connectivity index (χ0v) is 66.3. The molecule has 18 atom stereocenters. The minimum Gasteiger partial charge on any atom is -0.463 e. The summed E-state index contributed by atoms with van der Waals surface area (Å²) < 4.78 is 112. The molecule has 6 aromatic rings. The van der Waals surface area contributed by atoms with Crippen LogP contribution in [0.2, 0.25) is 0 Å². The van der Waals surface area contributed by atoms with Crippen LogP contribution in [-0.4, -0.2) is 189 Å². The summed E-state index contributed by atoms with van der Waals surface area (Å²) in [6.45, 7) is 18.3. The quantitative estimate of drug-likeness (QED) is 0.00889. The number of aryl methyl sites for hydroxylation is 3. The van der Waals surface area contributed by atoms with E-state index in [-0.39, 0.29) is 85.0 Å². The summed E-state index contributed by atoms with van der Waals surface area (Å²) in [5.74, 6) is -3.28. The maximum absolute atomic E-state index is 13.7. The van der Waals surface area contributed by atoms with E-state index < -0.39 is 152 Å². The molecule has 9 N–H and O–H groups in total. The molecule has 0 aliphatic carbocycles. The molecule has 0 bridgehead atoms. The van der Waals surface area contributed by atoms with Gasteiger partial charge in [-0.15, -0.1) is 0 Å². The van der Waals surface area contributed by atoms with Crippen LogP contribution in [0, 0.1) is 52.8 Å². The van der Waals surface area contributed by atoms with Crippen LogP contribution in [0.1, 0.15) is 97.7 Å². The maximum Gasteiger partial charge on any atom is 0.380 e. The predicted molar refractivity (Wildman–Crippen MR) is 397 cm³/mol. The summed E-state index contributed by atoms with van der Waals surface area (Å²) in [7, 11) is -11.9. The first-order chi connectivity index (χ1) is 50.7. The van der Waals surface area contributed by atoms with Gasteiger partial charge in [-0.3, -0.25) is 71.0 Å². The van der Waals surface area contributed by atoms with Crippen molar-refractivity contribution in [1.29, 1.82) is 0 Å². The Morgan fingerprint density at radius 1 is 0.407 bits per heavy atom. The topological polar surface area (TPSA) is 448 Å². The van der Waals surface area contributed by atoms with Gasteiger partial charge in [-0.1, -0.05) is 75.4 Å². The number of aromatic nitrogens is 6. The summed E-state index contributed by atoms with van der Waals surface area (Å²) in [5.41, 5.74) is -0.153. The molecule has 0 saturated carbocycles. The number of rotatable bonds is 30. The van der Waals surface area contributed by atoms with Crippen LogP contribution in [0.25, 0.3) is 0 Å². The summed E-state index contributed by atoms with van der Waals surface area (Å²) in [4.78, 5) is 79.8. The van der Waals surface area contributed by atoms with Gasteiger partial charge < -0.3 is 72.6 Å². The van der Waals surface area contributed by atoms with Crippen molar-refractivity contribution in [2.45, 2.75) is 175 Å². The lowest BCUT2D eigenvalue weighted by Gasteiger charge is -2.24. The fourth-order valence-electron chi connectivity index (χ4n) is 10.7. The molecule has 33 nitrogen and oxygen atoms in total. The number of nitrogens with zero attached hydrogens (tertiary/aromatic N) is 3. The Labute approximate surface area is 636 Å². The molecular weight excluding hydrogens is 1530 g/mol. The van der Waals surface area contributed by atoms with Crippen molar-refractivity contribution in [1.82, 2.24) is 28.7 Å². The molecule has 4 unspecified atom stereocenters. The van der Waals surface area contributed by atoms with Crippen LogP contribution < -0.4 is 30.2 Å². The lowest BCUT2D eigenvalue weighted by Crippen LogP contribution is -2.34. The highest BCUT2D eigenvalue weighted by Crippen LogP contribution is 2.53. The summed E-state index contributed by atoms with van der Waals surface area (Å²) in [6.07, 6.45) is -12.8. The molecule has 3 aromatic heterocycles. The van der Waals surface area contributed by atoms with Crippen molar-refractivity contribution in [3.05, 3.63) is 172 Å². The number of carbonyl (C=O) groups excluding carboxylic acids is 3. The second kappa shape index (κ2) is 39.2. The van der Waals surface area contributed by atoms with Crippen molar-refractivity contribution in [2.75, 3.05) is 38.3 Å². The Balaban J connectivity index is 0.000000226. The van der Waals surface area contributed by atoms with Crippen LogP contribution in [0.15, 0.2) is 124 Å². The molecule has 39 heteroatoms. The second-order valence-electron chi connectivity index (χ2n) is 26.7. The average Bonchev–Trinajstić information content (AvgIpc) is 1.65. The third-order valence-corrected chi connectivity index (χ3v) is 23.3. The molecule has 0 amide bonds. The number of hydrogen-bond acceptors (Lipinski definition) is 30. The van der Waals surface area contributed by atoms with Crippen LogP contribution in [0.4, 0.5) is 0 Å². The number of ether oxygens (including phenoxy) is 6. The Kier molecular flexibility index (Phi) is 32.1. The minimum absolute atomic E-state index is 0.000935. The first-order valence-corrected chi connectivity index (χ1v) is 40.7. The summed E-state index contributed by atoms with van der Waals surface area (Å²) in [6, 6.07) is 25.0. The first kappa shape index (κ1) is 88.2. The summed E-state index contributed by atoms with van der Waals surface area (Å²) in [5, 5.41) is 63.5. The molecule has 0 spiro atoms. The third-order valence-electron chi connectivity index (χ3n) is 16.3. The fourth-order valence-corrected chi connectivity index (χ4v) is 17.1. The largest absolute Gasteiger partial charge is 0.463 e. The van der Waals surface area contributed by atoms with E-state index >= 15 is 0 Å². The Morgan fingerprint density at radius 2 is 0.630 bits per heavy atom. The summed E-state index contributed by atoms with van der Waals surface area (Å²) >= 11 is 15.5. The van der Waals surface area contributed by atoms with Gasteiger partial charge in [-0.25, -0.2) is 13.7 Å². The lowest BCUT2D eigenvalue weighted by atomic mass is 10.1. The average molecular weight is 1630 g/mol. The van der Waals surface area contributed by atoms with E-state index in [9.17, 15) is 73.1 Å². The molecule has 6 heterocycles. The van der Waals surface area contributed by atoms with Gasteiger partial charge in [-0.2, -0.15) is 0 Å². The Bertz CT molecular complexity index is 4100. The van der Waals surface area contributed by atoms with Gasteiger partial charge >= 0.3 is 40.7 Å². The number of nitrogens with one attached hydrogen (secondary N) is 3. The van der Waals surface area contributed by atoms with E-state index in [1.807, 2.05) is 0 Å². The van der Waals surface area contributed by atoms with E-state index in [1.165, 1.54) is 32.3 Å². The number of aromatic amines is 3. The molecule has 3 aromatic carbocycles. The highest BCUT2D eigenvalue weighted by atomic mass is 32.1. The normalized spacial score (nSPS) is 24.3. The number of aliphatic hydroxyl groups excluding tert-OH is 6. The number of esters is 3. The number of para-hydroxylation sites is 3.